The third kappa shape index (κ3) is 6.18. The summed E-state index contributed by atoms with van der Waals surface area (Å²) >= 11 is 1.56. The molecule has 1 aromatic heterocycles. The lowest BCUT2D eigenvalue weighted by molar-refractivity contribution is 0.0391. The lowest BCUT2D eigenvalue weighted by Gasteiger charge is -2.29. The number of para-hydroxylation sites is 1. The van der Waals surface area contributed by atoms with Crippen molar-refractivity contribution in [2.24, 2.45) is 0 Å². The standard InChI is InChI=1S/C27H27N3O3S.ClH/c1-20-7-12-24-25(19-20)34-27(28-24)30(14-13-29-15-17-32-18-16-29)26(31)21-8-10-23(11-9-21)33-22-5-3-2-4-6-22;/h2-12,19H,13-18H2,1H3;1H. The van der Waals surface area contributed by atoms with Crippen LogP contribution in [0.5, 0.6) is 11.5 Å². The van der Waals surface area contributed by atoms with Gasteiger partial charge in [0.2, 0.25) is 0 Å². The summed E-state index contributed by atoms with van der Waals surface area (Å²) in [4.78, 5) is 22.6. The molecule has 4 aromatic rings. The monoisotopic (exact) mass is 509 g/mol. The van der Waals surface area contributed by atoms with Crippen LogP contribution in [0.15, 0.2) is 72.8 Å². The SMILES string of the molecule is Cc1ccc2nc(N(CCN3CCOCC3)C(=O)c3ccc(Oc4ccccc4)cc3)sc2c1.Cl. The number of thiazole rings is 1. The molecule has 1 aliphatic heterocycles. The second-order valence-electron chi connectivity index (χ2n) is 8.32. The van der Waals surface area contributed by atoms with Crippen LogP contribution in [0, 0.1) is 6.92 Å². The number of nitrogens with zero attached hydrogens (tertiary/aromatic N) is 3. The zero-order valence-electron chi connectivity index (χ0n) is 19.6. The van der Waals surface area contributed by atoms with Crippen LogP contribution in [0.3, 0.4) is 0 Å². The highest BCUT2D eigenvalue weighted by Crippen LogP contribution is 2.31. The summed E-state index contributed by atoms with van der Waals surface area (Å²) in [5.41, 5.74) is 2.71. The van der Waals surface area contributed by atoms with E-state index in [1.54, 1.807) is 11.3 Å². The first kappa shape index (κ1) is 25.1. The van der Waals surface area contributed by atoms with Crippen molar-refractivity contribution in [3.8, 4) is 11.5 Å². The molecule has 1 amide bonds. The number of amides is 1. The molecule has 1 fully saturated rings. The molecular weight excluding hydrogens is 482 g/mol. The van der Waals surface area contributed by atoms with Gasteiger partial charge in [-0.2, -0.15) is 0 Å². The van der Waals surface area contributed by atoms with Gasteiger partial charge >= 0.3 is 0 Å². The van der Waals surface area contributed by atoms with Crippen molar-refractivity contribution in [3.05, 3.63) is 83.9 Å². The fourth-order valence-electron chi connectivity index (χ4n) is 3.93. The quantitative estimate of drug-likeness (QED) is 0.315. The summed E-state index contributed by atoms with van der Waals surface area (Å²) < 4.78 is 12.4. The lowest BCUT2D eigenvalue weighted by Crippen LogP contribution is -2.43. The molecule has 6 nitrogen and oxygen atoms in total. The van der Waals surface area contributed by atoms with Crippen LogP contribution in [-0.2, 0) is 4.74 Å². The molecule has 0 unspecified atom stereocenters. The largest absolute Gasteiger partial charge is 0.457 e. The number of hydrogen-bond acceptors (Lipinski definition) is 6. The van der Waals surface area contributed by atoms with Crippen molar-refractivity contribution in [1.29, 1.82) is 0 Å². The summed E-state index contributed by atoms with van der Waals surface area (Å²) in [5.74, 6) is 1.40. The Hall–Kier alpha value is -2.97. The highest BCUT2D eigenvalue weighted by Gasteiger charge is 2.23. The van der Waals surface area contributed by atoms with Crippen LogP contribution in [0.25, 0.3) is 10.2 Å². The molecule has 0 bridgehead atoms. The molecule has 0 spiro atoms. The Morgan fingerprint density at radius 3 is 2.49 bits per heavy atom. The predicted molar refractivity (Wildman–Crippen MR) is 143 cm³/mol. The number of rotatable bonds is 7. The topological polar surface area (TPSA) is 54.9 Å². The Morgan fingerprint density at radius 2 is 1.74 bits per heavy atom. The first-order valence-electron chi connectivity index (χ1n) is 11.5. The van der Waals surface area contributed by atoms with Crippen LogP contribution in [0.2, 0.25) is 0 Å². The average Bonchev–Trinajstić information content (AvgIpc) is 3.28. The van der Waals surface area contributed by atoms with Gasteiger partial charge in [0.05, 0.1) is 23.4 Å². The number of carbonyl (C=O) groups is 1. The van der Waals surface area contributed by atoms with Gasteiger partial charge in [-0.1, -0.05) is 35.6 Å². The van der Waals surface area contributed by atoms with E-state index in [1.807, 2.05) is 65.6 Å². The number of aryl methyl sites for hydroxylation is 1. The van der Waals surface area contributed by atoms with Gasteiger partial charge in [-0.15, -0.1) is 12.4 Å². The van der Waals surface area contributed by atoms with Gasteiger partial charge in [0, 0.05) is 31.7 Å². The molecule has 0 radical (unpaired) electrons. The maximum Gasteiger partial charge on any atom is 0.260 e. The molecule has 0 N–H and O–H groups in total. The van der Waals surface area contributed by atoms with Gasteiger partial charge in [-0.25, -0.2) is 4.98 Å². The van der Waals surface area contributed by atoms with Gasteiger partial charge < -0.3 is 9.47 Å². The predicted octanol–water partition coefficient (Wildman–Crippen LogP) is 5.80. The van der Waals surface area contributed by atoms with Gasteiger partial charge in [0.15, 0.2) is 5.13 Å². The minimum atomic E-state index is -0.0599. The Labute approximate surface area is 215 Å². The van der Waals surface area contributed by atoms with Crippen molar-refractivity contribution < 1.29 is 14.3 Å². The molecule has 182 valence electrons. The fraction of sp³-hybridized carbons (Fsp3) is 0.259. The molecule has 35 heavy (non-hydrogen) atoms. The van der Waals surface area contributed by atoms with E-state index >= 15 is 0 Å². The highest BCUT2D eigenvalue weighted by atomic mass is 35.5. The van der Waals surface area contributed by atoms with Gasteiger partial charge in [0.25, 0.3) is 5.91 Å². The minimum Gasteiger partial charge on any atom is -0.457 e. The van der Waals surface area contributed by atoms with Crippen LogP contribution in [0.4, 0.5) is 5.13 Å². The van der Waals surface area contributed by atoms with Crippen molar-refractivity contribution >= 4 is 45.0 Å². The zero-order valence-corrected chi connectivity index (χ0v) is 21.2. The van der Waals surface area contributed by atoms with Crippen LogP contribution in [0.1, 0.15) is 15.9 Å². The van der Waals surface area contributed by atoms with Gasteiger partial charge in [-0.3, -0.25) is 14.6 Å². The van der Waals surface area contributed by atoms with Gasteiger partial charge in [0.1, 0.15) is 11.5 Å². The number of carbonyl (C=O) groups excluding carboxylic acids is 1. The van der Waals surface area contributed by atoms with E-state index < -0.39 is 0 Å². The van der Waals surface area contributed by atoms with Crippen molar-refractivity contribution in [2.45, 2.75) is 6.92 Å². The number of anilines is 1. The minimum absolute atomic E-state index is 0. The lowest BCUT2D eigenvalue weighted by atomic mass is 10.2. The highest BCUT2D eigenvalue weighted by molar-refractivity contribution is 7.22. The number of aromatic nitrogens is 1. The Morgan fingerprint density at radius 1 is 1.03 bits per heavy atom. The Balaban J connectivity index is 0.00000289. The normalized spacial score (nSPS) is 13.9. The molecule has 0 atom stereocenters. The van der Waals surface area contributed by atoms with E-state index in [0.717, 1.165) is 53.9 Å². The smallest absolute Gasteiger partial charge is 0.260 e. The Bertz CT molecular complexity index is 1260. The van der Waals surface area contributed by atoms with Crippen molar-refractivity contribution in [1.82, 2.24) is 9.88 Å². The molecule has 0 saturated carbocycles. The van der Waals surface area contributed by atoms with E-state index in [0.29, 0.717) is 17.9 Å². The summed E-state index contributed by atoms with van der Waals surface area (Å²) in [6.45, 7) is 6.64. The molecule has 0 aliphatic carbocycles. The van der Waals surface area contributed by atoms with E-state index in [2.05, 4.69) is 24.0 Å². The first-order valence-corrected chi connectivity index (χ1v) is 12.3. The second-order valence-corrected chi connectivity index (χ2v) is 9.33. The molecule has 1 saturated heterocycles. The van der Waals surface area contributed by atoms with Crippen molar-refractivity contribution in [3.63, 3.8) is 0 Å². The summed E-state index contributed by atoms with van der Waals surface area (Å²) in [5, 5.41) is 0.725. The van der Waals surface area contributed by atoms with E-state index in [9.17, 15) is 4.79 Å². The maximum atomic E-state index is 13.6. The van der Waals surface area contributed by atoms with E-state index in [4.69, 9.17) is 14.5 Å². The number of ether oxygens (including phenoxy) is 2. The third-order valence-corrected chi connectivity index (χ3v) is 6.87. The second kappa shape index (κ2) is 11.6. The maximum absolute atomic E-state index is 13.6. The number of hydrogen-bond donors (Lipinski definition) is 0. The number of benzene rings is 3. The summed E-state index contributed by atoms with van der Waals surface area (Å²) in [7, 11) is 0. The van der Waals surface area contributed by atoms with Crippen molar-refractivity contribution in [2.75, 3.05) is 44.3 Å². The molecular formula is C27H28ClN3O3S. The summed E-state index contributed by atoms with van der Waals surface area (Å²) in [6.07, 6.45) is 0. The molecule has 2 heterocycles. The number of morpholine rings is 1. The first-order chi connectivity index (χ1) is 16.7. The third-order valence-electron chi connectivity index (χ3n) is 5.83. The molecule has 8 heteroatoms. The molecule has 1 aliphatic rings. The summed E-state index contributed by atoms with van der Waals surface area (Å²) in [6, 6.07) is 23.1. The van der Waals surface area contributed by atoms with Gasteiger partial charge in [-0.05, 0) is 61.0 Å². The number of fused-ring (bicyclic) bond motifs is 1. The van der Waals surface area contributed by atoms with Crippen LogP contribution in [-0.4, -0.2) is 55.2 Å². The van der Waals surface area contributed by atoms with Crippen LogP contribution >= 0.6 is 23.7 Å². The molecule has 3 aromatic carbocycles. The van der Waals surface area contributed by atoms with E-state index in [-0.39, 0.29) is 18.3 Å². The molecule has 5 rings (SSSR count). The number of halogens is 1. The zero-order chi connectivity index (χ0) is 23.3. The van der Waals surface area contributed by atoms with Crippen LogP contribution < -0.4 is 9.64 Å². The average molecular weight is 510 g/mol. The fourth-order valence-corrected chi connectivity index (χ4v) is 5.02. The van der Waals surface area contributed by atoms with E-state index in [1.165, 1.54) is 5.56 Å². The Kier molecular flexibility index (Phi) is 8.36.